The van der Waals surface area contributed by atoms with E-state index in [1.807, 2.05) is 4.90 Å². The van der Waals surface area contributed by atoms with Crippen LogP contribution in [0.25, 0.3) is 0 Å². The van der Waals surface area contributed by atoms with Crippen molar-refractivity contribution in [2.75, 3.05) is 26.7 Å². The van der Waals surface area contributed by atoms with Gasteiger partial charge >= 0.3 is 5.97 Å². The van der Waals surface area contributed by atoms with E-state index in [9.17, 15) is 4.79 Å². The lowest BCUT2D eigenvalue weighted by molar-refractivity contribution is -0.144. The van der Waals surface area contributed by atoms with Gasteiger partial charge in [0.05, 0.1) is 0 Å². The Hall–Kier alpha value is -0.650. The third kappa shape index (κ3) is 2.68. The molecule has 1 aliphatic rings. The van der Waals surface area contributed by atoms with E-state index in [0.717, 1.165) is 13.1 Å². The second kappa shape index (κ2) is 4.92. The van der Waals surface area contributed by atoms with Gasteiger partial charge in [-0.1, -0.05) is 0 Å². The molecule has 3 atom stereocenters. The molecule has 1 rings (SSSR count). The average Bonchev–Trinajstić information content (AvgIpc) is 2.14. The van der Waals surface area contributed by atoms with E-state index in [1.54, 1.807) is 0 Å². The van der Waals surface area contributed by atoms with E-state index in [0.29, 0.717) is 12.1 Å². The van der Waals surface area contributed by atoms with Crippen molar-refractivity contribution in [1.29, 1.82) is 0 Å². The average molecular weight is 215 g/mol. The Morgan fingerprint density at radius 2 is 1.93 bits per heavy atom. The van der Waals surface area contributed by atoms with E-state index < -0.39 is 12.0 Å². The molecule has 5 heteroatoms. The number of nitrogens with zero attached hydrogens (tertiary/aromatic N) is 2. The van der Waals surface area contributed by atoms with Crippen LogP contribution in [-0.2, 0) is 4.79 Å². The van der Waals surface area contributed by atoms with E-state index in [2.05, 4.69) is 25.8 Å². The summed E-state index contributed by atoms with van der Waals surface area (Å²) in [5.41, 5.74) is 5.49. The van der Waals surface area contributed by atoms with Gasteiger partial charge < -0.3 is 10.8 Å². The zero-order chi connectivity index (χ0) is 11.6. The molecule has 0 saturated carbocycles. The number of aliphatic carboxylic acids is 1. The first-order valence-corrected chi connectivity index (χ1v) is 5.36. The van der Waals surface area contributed by atoms with Crippen molar-refractivity contribution in [3.8, 4) is 0 Å². The van der Waals surface area contributed by atoms with Crippen LogP contribution in [0, 0.1) is 0 Å². The minimum Gasteiger partial charge on any atom is -0.480 e. The Morgan fingerprint density at radius 1 is 1.47 bits per heavy atom. The molecule has 1 fully saturated rings. The van der Waals surface area contributed by atoms with Gasteiger partial charge in [0.25, 0.3) is 0 Å². The summed E-state index contributed by atoms with van der Waals surface area (Å²) in [5, 5.41) is 9.03. The smallest absolute Gasteiger partial charge is 0.322 e. The Morgan fingerprint density at radius 3 is 2.27 bits per heavy atom. The molecule has 3 unspecified atom stereocenters. The van der Waals surface area contributed by atoms with Crippen LogP contribution in [0.15, 0.2) is 0 Å². The fourth-order valence-electron chi connectivity index (χ4n) is 2.11. The van der Waals surface area contributed by atoms with Crippen LogP contribution in [0.3, 0.4) is 0 Å². The van der Waals surface area contributed by atoms with Crippen molar-refractivity contribution in [3.05, 3.63) is 0 Å². The SMILES string of the molecule is CC1CN(C(CN)C(=O)O)CC(C)N1C. The molecule has 88 valence electrons. The summed E-state index contributed by atoms with van der Waals surface area (Å²) in [4.78, 5) is 15.2. The van der Waals surface area contributed by atoms with Gasteiger partial charge in [0.2, 0.25) is 0 Å². The molecule has 0 radical (unpaired) electrons. The second-order valence-corrected chi connectivity index (χ2v) is 4.41. The summed E-state index contributed by atoms with van der Waals surface area (Å²) in [5.74, 6) is -0.818. The van der Waals surface area contributed by atoms with Crippen molar-refractivity contribution in [1.82, 2.24) is 9.80 Å². The molecule has 1 heterocycles. The topological polar surface area (TPSA) is 69.8 Å². The van der Waals surface area contributed by atoms with Gasteiger partial charge in [0.1, 0.15) is 6.04 Å². The van der Waals surface area contributed by atoms with Gasteiger partial charge in [-0.2, -0.15) is 0 Å². The maximum atomic E-state index is 11.0. The van der Waals surface area contributed by atoms with Gasteiger partial charge in [0.15, 0.2) is 0 Å². The highest BCUT2D eigenvalue weighted by Crippen LogP contribution is 2.15. The van der Waals surface area contributed by atoms with Crippen molar-refractivity contribution < 1.29 is 9.90 Å². The van der Waals surface area contributed by atoms with Gasteiger partial charge in [-0.3, -0.25) is 14.6 Å². The molecule has 15 heavy (non-hydrogen) atoms. The molecule has 0 aromatic heterocycles. The van der Waals surface area contributed by atoms with Crippen LogP contribution in [-0.4, -0.2) is 65.7 Å². The van der Waals surface area contributed by atoms with E-state index >= 15 is 0 Å². The maximum Gasteiger partial charge on any atom is 0.322 e. The Bertz CT molecular complexity index is 223. The number of hydrogen-bond donors (Lipinski definition) is 2. The molecule has 5 nitrogen and oxygen atoms in total. The van der Waals surface area contributed by atoms with Crippen molar-refractivity contribution in [3.63, 3.8) is 0 Å². The van der Waals surface area contributed by atoms with E-state index in [1.165, 1.54) is 0 Å². The molecule has 3 N–H and O–H groups in total. The molecule has 0 spiro atoms. The van der Waals surface area contributed by atoms with Gasteiger partial charge in [-0.15, -0.1) is 0 Å². The summed E-state index contributed by atoms with van der Waals surface area (Å²) < 4.78 is 0. The summed E-state index contributed by atoms with van der Waals surface area (Å²) >= 11 is 0. The maximum absolute atomic E-state index is 11.0. The third-order valence-corrected chi connectivity index (χ3v) is 3.34. The number of hydrogen-bond acceptors (Lipinski definition) is 4. The number of piperazine rings is 1. The zero-order valence-corrected chi connectivity index (χ0v) is 9.68. The van der Waals surface area contributed by atoms with Crippen molar-refractivity contribution in [2.24, 2.45) is 5.73 Å². The molecule has 0 amide bonds. The van der Waals surface area contributed by atoms with Gasteiger partial charge in [-0.25, -0.2) is 0 Å². The molecule has 1 aliphatic heterocycles. The number of carboxylic acids is 1. The molecular formula is C10H21N3O2. The number of carbonyl (C=O) groups is 1. The summed E-state index contributed by atoms with van der Waals surface area (Å²) in [6.45, 7) is 5.94. The largest absolute Gasteiger partial charge is 0.480 e. The van der Waals surface area contributed by atoms with Crippen LogP contribution >= 0.6 is 0 Å². The highest BCUT2D eigenvalue weighted by atomic mass is 16.4. The first kappa shape index (κ1) is 12.4. The lowest BCUT2D eigenvalue weighted by Gasteiger charge is -2.44. The lowest BCUT2D eigenvalue weighted by atomic mass is 10.1. The fraction of sp³-hybridized carbons (Fsp3) is 0.900. The standard InChI is InChI=1S/C10H21N3O2/c1-7-5-13(6-8(2)12(7)3)9(4-11)10(14)15/h7-9H,4-6,11H2,1-3H3,(H,14,15). The predicted molar refractivity (Wildman–Crippen MR) is 58.7 cm³/mol. The molecule has 1 saturated heterocycles. The van der Waals surface area contributed by atoms with Crippen LogP contribution in [0.4, 0.5) is 0 Å². The minimum absolute atomic E-state index is 0.179. The lowest BCUT2D eigenvalue weighted by Crippen LogP contribution is -2.60. The van der Waals surface area contributed by atoms with Crippen LogP contribution in [0.1, 0.15) is 13.8 Å². The molecule has 0 aliphatic carbocycles. The molecule has 0 bridgehead atoms. The van der Waals surface area contributed by atoms with E-state index in [-0.39, 0.29) is 6.54 Å². The Kier molecular flexibility index (Phi) is 4.07. The van der Waals surface area contributed by atoms with Gasteiger partial charge in [0, 0.05) is 31.7 Å². The molecule has 0 aromatic rings. The number of likely N-dealkylation sites (N-methyl/N-ethyl adjacent to an activating group) is 1. The predicted octanol–water partition coefficient (Wildman–Crippen LogP) is -0.577. The quantitative estimate of drug-likeness (QED) is 0.659. The summed E-state index contributed by atoms with van der Waals surface area (Å²) in [7, 11) is 2.07. The molecular weight excluding hydrogens is 194 g/mol. The second-order valence-electron chi connectivity index (χ2n) is 4.41. The van der Waals surface area contributed by atoms with Crippen LogP contribution in [0.5, 0.6) is 0 Å². The number of carboxylic acid groups (broad SMARTS) is 1. The number of nitrogens with two attached hydrogens (primary N) is 1. The summed E-state index contributed by atoms with van der Waals surface area (Å²) in [6.07, 6.45) is 0. The Labute approximate surface area is 90.8 Å². The molecule has 0 aromatic carbocycles. The highest BCUT2D eigenvalue weighted by molar-refractivity contribution is 5.73. The number of rotatable bonds is 3. The van der Waals surface area contributed by atoms with Crippen molar-refractivity contribution >= 4 is 5.97 Å². The van der Waals surface area contributed by atoms with Gasteiger partial charge in [-0.05, 0) is 20.9 Å². The first-order chi connectivity index (χ1) is 6.97. The normalized spacial score (nSPS) is 31.5. The first-order valence-electron chi connectivity index (χ1n) is 5.36. The van der Waals surface area contributed by atoms with Crippen LogP contribution < -0.4 is 5.73 Å². The third-order valence-electron chi connectivity index (χ3n) is 3.34. The van der Waals surface area contributed by atoms with Crippen LogP contribution in [0.2, 0.25) is 0 Å². The monoisotopic (exact) mass is 215 g/mol. The summed E-state index contributed by atoms with van der Waals surface area (Å²) in [6, 6.07) is 0.216. The van der Waals surface area contributed by atoms with E-state index in [4.69, 9.17) is 10.8 Å². The van der Waals surface area contributed by atoms with Crippen molar-refractivity contribution in [2.45, 2.75) is 32.0 Å². The highest BCUT2D eigenvalue weighted by Gasteiger charge is 2.33. The Balaban J connectivity index is 2.67. The fourth-order valence-corrected chi connectivity index (χ4v) is 2.11. The minimum atomic E-state index is -0.818. The zero-order valence-electron chi connectivity index (χ0n) is 9.68.